The van der Waals surface area contributed by atoms with E-state index in [1.54, 1.807) is 35.0 Å². The number of carbonyl (C=O) groups is 3. The molecule has 2 N–H and O–H groups in total. The number of anilines is 2. The van der Waals surface area contributed by atoms with Gasteiger partial charge in [-0.25, -0.2) is 4.39 Å². The van der Waals surface area contributed by atoms with Crippen molar-refractivity contribution in [3.63, 3.8) is 0 Å². The quantitative estimate of drug-likeness (QED) is 0.149. The Morgan fingerprint density at radius 1 is 1.00 bits per heavy atom. The van der Waals surface area contributed by atoms with Crippen LogP contribution in [0.1, 0.15) is 11.1 Å². The lowest BCUT2D eigenvalue weighted by Crippen LogP contribution is -2.54. The van der Waals surface area contributed by atoms with E-state index in [0.717, 1.165) is 23.1 Å². The third kappa shape index (κ3) is 5.34. The lowest BCUT2D eigenvalue weighted by atomic mass is 10.1. The fourth-order valence-electron chi connectivity index (χ4n) is 4.28. The van der Waals surface area contributed by atoms with Crippen molar-refractivity contribution in [3.8, 4) is 0 Å². The van der Waals surface area contributed by atoms with Gasteiger partial charge in [0, 0.05) is 28.4 Å². The van der Waals surface area contributed by atoms with Gasteiger partial charge in [0.1, 0.15) is 17.9 Å². The number of carbonyl (C=O) groups excluding carboxylic acids is 3. The molecule has 0 aliphatic carbocycles. The molecule has 4 aromatic rings. The Hall–Kier alpha value is -4.84. The molecular formula is C28H18F4N4O3S. The molecule has 202 valence electrons. The summed E-state index contributed by atoms with van der Waals surface area (Å²) in [7, 11) is 0. The number of alkyl halides is 3. The highest BCUT2D eigenvalue weighted by Gasteiger charge is 2.36. The number of rotatable bonds is 5. The second-order valence-corrected chi connectivity index (χ2v) is 9.18. The Kier molecular flexibility index (Phi) is 6.94. The molecule has 3 aromatic carbocycles. The number of hydrogen-bond acceptors (Lipinski definition) is 4. The van der Waals surface area contributed by atoms with E-state index in [4.69, 9.17) is 12.2 Å². The third-order valence-corrected chi connectivity index (χ3v) is 6.38. The van der Waals surface area contributed by atoms with Crippen LogP contribution in [-0.2, 0) is 27.1 Å². The van der Waals surface area contributed by atoms with Crippen LogP contribution in [-0.4, -0.2) is 27.4 Å². The van der Waals surface area contributed by atoms with Crippen LogP contribution >= 0.6 is 12.2 Å². The highest BCUT2D eigenvalue weighted by atomic mass is 32.1. The first-order chi connectivity index (χ1) is 19.0. The molecule has 3 amide bonds. The number of nitrogens with one attached hydrogen (secondary N) is 2. The Bertz CT molecular complexity index is 1710. The average Bonchev–Trinajstić information content (AvgIpc) is 3.24. The number of aromatic nitrogens is 1. The molecular weight excluding hydrogens is 548 g/mol. The fourth-order valence-corrected chi connectivity index (χ4v) is 4.56. The summed E-state index contributed by atoms with van der Waals surface area (Å²) in [5.41, 5.74) is -0.0522. The fraction of sp³-hybridized carbons (Fsp3) is 0.0714. The van der Waals surface area contributed by atoms with Crippen molar-refractivity contribution in [2.24, 2.45) is 0 Å². The van der Waals surface area contributed by atoms with Gasteiger partial charge < -0.3 is 9.88 Å². The van der Waals surface area contributed by atoms with Crippen LogP contribution in [0.25, 0.3) is 17.0 Å². The summed E-state index contributed by atoms with van der Waals surface area (Å²) in [6, 6.07) is 16.3. The highest BCUT2D eigenvalue weighted by Crippen LogP contribution is 2.33. The topological polar surface area (TPSA) is 83.4 Å². The van der Waals surface area contributed by atoms with Gasteiger partial charge in [-0.15, -0.1) is 0 Å². The summed E-state index contributed by atoms with van der Waals surface area (Å²) in [5.74, 6) is -2.57. The van der Waals surface area contributed by atoms with Crippen LogP contribution in [0.2, 0.25) is 0 Å². The molecule has 0 radical (unpaired) electrons. The minimum absolute atomic E-state index is 0.137. The molecule has 12 heteroatoms. The molecule has 2 heterocycles. The van der Waals surface area contributed by atoms with Crippen LogP contribution in [0, 0.1) is 5.82 Å². The molecule has 1 saturated heterocycles. The monoisotopic (exact) mass is 566 g/mol. The van der Waals surface area contributed by atoms with E-state index in [9.17, 15) is 31.9 Å². The number of para-hydroxylation sites is 1. The SMILES string of the molecule is O=C(Cn1cc(/C=C2\C(=O)NC(=S)N(c3cccc(C(F)(F)F)c3)C2=O)c2ccccc21)Nc1ccc(F)cc1. The van der Waals surface area contributed by atoms with Crippen LogP contribution in [0.4, 0.5) is 28.9 Å². The molecule has 1 aliphatic rings. The first-order valence-electron chi connectivity index (χ1n) is 11.7. The smallest absolute Gasteiger partial charge is 0.337 e. The standard InChI is InChI=1S/C28H18F4N4O3S/c29-18-8-10-19(11-9-18)33-24(37)15-35-14-16(21-6-1-2-7-23(21)35)12-22-25(38)34-27(40)36(26(22)39)20-5-3-4-17(13-20)28(30,31)32/h1-14H,15H2,(H,33,37)(H,34,38,40)/b22-12+. The second kappa shape index (κ2) is 10.4. The molecule has 0 saturated carbocycles. The summed E-state index contributed by atoms with van der Waals surface area (Å²) in [5, 5.41) is 5.28. The first kappa shape index (κ1) is 26.8. The van der Waals surface area contributed by atoms with E-state index in [1.165, 1.54) is 36.4 Å². The van der Waals surface area contributed by atoms with E-state index in [2.05, 4.69) is 10.6 Å². The zero-order valence-electron chi connectivity index (χ0n) is 20.3. The van der Waals surface area contributed by atoms with E-state index in [-0.39, 0.29) is 22.9 Å². The van der Waals surface area contributed by atoms with Gasteiger partial charge >= 0.3 is 6.18 Å². The lowest BCUT2D eigenvalue weighted by molar-refractivity contribution is -0.137. The molecule has 0 atom stereocenters. The van der Waals surface area contributed by atoms with E-state index < -0.39 is 35.3 Å². The zero-order chi connectivity index (χ0) is 28.6. The third-order valence-electron chi connectivity index (χ3n) is 6.09. The van der Waals surface area contributed by atoms with Crippen molar-refractivity contribution in [2.75, 3.05) is 10.2 Å². The predicted molar refractivity (Wildman–Crippen MR) is 145 cm³/mol. The molecule has 7 nitrogen and oxygen atoms in total. The van der Waals surface area contributed by atoms with Crippen molar-refractivity contribution in [1.29, 1.82) is 0 Å². The first-order valence-corrected chi connectivity index (χ1v) is 12.1. The summed E-state index contributed by atoms with van der Waals surface area (Å²) in [4.78, 5) is 39.7. The van der Waals surface area contributed by atoms with Crippen molar-refractivity contribution in [1.82, 2.24) is 9.88 Å². The number of amides is 3. The second-order valence-electron chi connectivity index (χ2n) is 8.79. The average molecular weight is 567 g/mol. The Morgan fingerprint density at radius 3 is 2.45 bits per heavy atom. The number of nitrogens with zero attached hydrogens (tertiary/aromatic N) is 2. The normalized spacial score (nSPS) is 15.1. The number of benzene rings is 3. The van der Waals surface area contributed by atoms with Crippen molar-refractivity contribution in [3.05, 3.63) is 102 Å². The van der Waals surface area contributed by atoms with Crippen molar-refractivity contribution >= 4 is 63.4 Å². The van der Waals surface area contributed by atoms with Crippen LogP contribution < -0.4 is 15.5 Å². The van der Waals surface area contributed by atoms with Crippen LogP contribution in [0.15, 0.2) is 84.6 Å². The van der Waals surface area contributed by atoms with Gasteiger partial charge in [0.2, 0.25) is 5.91 Å². The highest BCUT2D eigenvalue weighted by molar-refractivity contribution is 7.80. The van der Waals surface area contributed by atoms with Gasteiger partial charge in [-0.05, 0) is 66.8 Å². The summed E-state index contributed by atoms with van der Waals surface area (Å²) < 4.78 is 54.6. The maximum atomic E-state index is 13.4. The minimum atomic E-state index is -4.65. The summed E-state index contributed by atoms with van der Waals surface area (Å²) in [6.45, 7) is -0.137. The van der Waals surface area contributed by atoms with Crippen LogP contribution in [0.3, 0.4) is 0 Å². The zero-order valence-corrected chi connectivity index (χ0v) is 21.1. The van der Waals surface area contributed by atoms with Crippen LogP contribution in [0.5, 0.6) is 0 Å². The molecule has 0 bridgehead atoms. The van der Waals surface area contributed by atoms with Crippen molar-refractivity contribution < 1.29 is 31.9 Å². The molecule has 5 rings (SSSR count). The molecule has 0 unspecified atom stereocenters. The minimum Gasteiger partial charge on any atom is -0.337 e. The number of halogens is 4. The Morgan fingerprint density at radius 2 is 1.73 bits per heavy atom. The number of fused-ring (bicyclic) bond motifs is 1. The van der Waals surface area contributed by atoms with E-state index in [0.29, 0.717) is 22.2 Å². The van der Waals surface area contributed by atoms with E-state index >= 15 is 0 Å². The predicted octanol–water partition coefficient (Wildman–Crippen LogP) is 5.27. The maximum absolute atomic E-state index is 13.4. The molecule has 40 heavy (non-hydrogen) atoms. The summed E-state index contributed by atoms with van der Waals surface area (Å²) >= 11 is 5.10. The van der Waals surface area contributed by atoms with Gasteiger partial charge in [-0.3, -0.25) is 24.6 Å². The number of hydrogen-bond donors (Lipinski definition) is 2. The number of thiocarbonyl (C=S) groups is 1. The van der Waals surface area contributed by atoms with Gasteiger partial charge in [0.05, 0.1) is 11.3 Å². The molecule has 1 fully saturated rings. The van der Waals surface area contributed by atoms with Gasteiger partial charge in [0.25, 0.3) is 11.8 Å². The Labute approximate surface area is 229 Å². The molecule has 0 spiro atoms. The van der Waals surface area contributed by atoms with E-state index in [1.807, 2.05) is 0 Å². The van der Waals surface area contributed by atoms with Crippen molar-refractivity contribution in [2.45, 2.75) is 12.7 Å². The van der Waals surface area contributed by atoms with Gasteiger partial charge in [-0.1, -0.05) is 24.3 Å². The maximum Gasteiger partial charge on any atom is 0.416 e. The summed E-state index contributed by atoms with van der Waals surface area (Å²) in [6.07, 6.45) is -1.77. The van der Waals surface area contributed by atoms with Gasteiger partial charge in [0.15, 0.2) is 5.11 Å². The molecule has 1 aliphatic heterocycles. The Balaban J connectivity index is 1.48. The molecule has 1 aromatic heterocycles. The van der Waals surface area contributed by atoms with Gasteiger partial charge in [-0.2, -0.15) is 13.2 Å². The lowest BCUT2D eigenvalue weighted by Gasteiger charge is -2.29. The largest absolute Gasteiger partial charge is 0.416 e.